The summed E-state index contributed by atoms with van der Waals surface area (Å²) in [4.78, 5) is 15.5. The second-order valence-corrected chi connectivity index (χ2v) is 8.19. The number of hydrogen-bond acceptors (Lipinski definition) is 4. The molecule has 4 rings (SSSR count). The fraction of sp³-hybridized carbons (Fsp3) is 0.0476. The number of para-hydroxylation sites is 2. The van der Waals surface area contributed by atoms with Gasteiger partial charge in [-0.2, -0.15) is 0 Å². The van der Waals surface area contributed by atoms with Crippen LogP contribution in [0.15, 0.2) is 78.0 Å². The number of fused-ring (bicyclic) bond motifs is 1. The number of aromatic carboxylic acids is 1. The van der Waals surface area contributed by atoms with E-state index in [9.17, 15) is 13.2 Å². The Kier molecular flexibility index (Phi) is 4.56. The molecule has 1 heterocycles. The standard InChI is InChI=1S/C21H17N3O4S/c1-14-6-7-15(21(25)26)12-20(14)29(27,28)23-16-8-10-17(11-9-16)24-13-22-18-4-2-3-5-19(18)24/h2-13,23H,1H3,(H,25,26). The van der Waals surface area contributed by atoms with Gasteiger partial charge < -0.3 is 5.11 Å². The second-order valence-electron chi connectivity index (χ2n) is 6.54. The molecule has 0 atom stereocenters. The minimum absolute atomic E-state index is 0.0675. The summed E-state index contributed by atoms with van der Waals surface area (Å²) in [5, 5.41) is 9.13. The van der Waals surface area contributed by atoms with Gasteiger partial charge in [-0.05, 0) is 61.0 Å². The Balaban J connectivity index is 1.63. The summed E-state index contributed by atoms with van der Waals surface area (Å²) >= 11 is 0. The van der Waals surface area contributed by atoms with Gasteiger partial charge in [0.2, 0.25) is 0 Å². The summed E-state index contributed by atoms with van der Waals surface area (Å²) in [7, 11) is -3.93. The van der Waals surface area contributed by atoms with Gasteiger partial charge >= 0.3 is 5.97 Å². The maximum Gasteiger partial charge on any atom is 0.335 e. The van der Waals surface area contributed by atoms with Crippen molar-refractivity contribution in [3.05, 3.63) is 84.2 Å². The first-order valence-electron chi connectivity index (χ1n) is 8.74. The molecule has 0 aliphatic carbocycles. The van der Waals surface area contributed by atoms with Gasteiger partial charge in [-0.25, -0.2) is 18.2 Å². The minimum Gasteiger partial charge on any atom is -0.478 e. The number of nitrogens with zero attached hydrogens (tertiary/aromatic N) is 2. The smallest absolute Gasteiger partial charge is 0.335 e. The first-order chi connectivity index (χ1) is 13.8. The number of hydrogen-bond donors (Lipinski definition) is 2. The van der Waals surface area contributed by atoms with Crippen LogP contribution in [0.25, 0.3) is 16.7 Å². The molecule has 2 N–H and O–H groups in total. The van der Waals surface area contributed by atoms with Crippen LogP contribution in [-0.4, -0.2) is 29.0 Å². The Morgan fingerprint density at radius 1 is 1.03 bits per heavy atom. The molecule has 146 valence electrons. The third kappa shape index (κ3) is 3.57. The Morgan fingerprint density at radius 2 is 1.76 bits per heavy atom. The van der Waals surface area contributed by atoms with Gasteiger partial charge in [0.05, 0.1) is 21.5 Å². The number of carbonyl (C=O) groups is 1. The van der Waals surface area contributed by atoms with Gasteiger partial charge in [0.1, 0.15) is 6.33 Å². The fourth-order valence-corrected chi connectivity index (χ4v) is 4.42. The number of sulfonamides is 1. The molecule has 0 unspecified atom stereocenters. The lowest BCUT2D eigenvalue weighted by atomic mass is 10.1. The quantitative estimate of drug-likeness (QED) is 0.524. The summed E-state index contributed by atoms with van der Waals surface area (Å²) < 4.78 is 29.9. The molecule has 0 spiro atoms. The summed E-state index contributed by atoms with van der Waals surface area (Å²) in [6, 6.07) is 18.6. The summed E-state index contributed by atoms with van der Waals surface area (Å²) in [5.74, 6) is -1.18. The predicted molar refractivity (Wildman–Crippen MR) is 110 cm³/mol. The number of carboxylic acid groups (broad SMARTS) is 1. The lowest BCUT2D eigenvalue weighted by molar-refractivity contribution is 0.0696. The van der Waals surface area contributed by atoms with E-state index in [1.165, 1.54) is 12.1 Å². The number of benzene rings is 3. The molecule has 0 radical (unpaired) electrons. The topological polar surface area (TPSA) is 101 Å². The van der Waals surface area contributed by atoms with Crippen molar-refractivity contribution in [3.63, 3.8) is 0 Å². The molecule has 0 saturated carbocycles. The van der Waals surface area contributed by atoms with Crippen LogP contribution in [0.3, 0.4) is 0 Å². The molecule has 0 aliphatic rings. The number of imidazole rings is 1. The highest BCUT2D eigenvalue weighted by atomic mass is 32.2. The van der Waals surface area contributed by atoms with Crippen molar-refractivity contribution < 1.29 is 18.3 Å². The molecule has 0 bridgehead atoms. The van der Waals surface area contributed by atoms with Crippen LogP contribution in [0.2, 0.25) is 0 Å². The Labute approximate surface area is 167 Å². The summed E-state index contributed by atoms with van der Waals surface area (Å²) in [6.45, 7) is 1.62. The zero-order valence-electron chi connectivity index (χ0n) is 15.4. The van der Waals surface area contributed by atoms with Crippen molar-refractivity contribution in [2.45, 2.75) is 11.8 Å². The van der Waals surface area contributed by atoms with Gasteiger partial charge in [0.15, 0.2) is 0 Å². The molecule has 7 nitrogen and oxygen atoms in total. The summed E-state index contributed by atoms with van der Waals surface area (Å²) in [6.07, 6.45) is 1.71. The van der Waals surface area contributed by atoms with Gasteiger partial charge in [-0.15, -0.1) is 0 Å². The molecule has 0 saturated heterocycles. The number of anilines is 1. The number of aromatic nitrogens is 2. The van der Waals surface area contributed by atoms with Crippen molar-refractivity contribution in [2.75, 3.05) is 4.72 Å². The zero-order valence-corrected chi connectivity index (χ0v) is 16.2. The van der Waals surface area contributed by atoms with Crippen LogP contribution in [0.1, 0.15) is 15.9 Å². The van der Waals surface area contributed by atoms with Gasteiger partial charge in [-0.1, -0.05) is 18.2 Å². The number of rotatable bonds is 5. The molecule has 1 aromatic heterocycles. The first kappa shape index (κ1) is 18.7. The number of nitrogens with one attached hydrogen (secondary N) is 1. The Hall–Kier alpha value is -3.65. The van der Waals surface area contributed by atoms with Gasteiger partial charge in [0.25, 0.3) is 10.0 Å². The Morgan fingerprint density at radius 3 is 2.48 bits per heavy atom. The van der Waals surface area contributed by atoms with Crippen LogP contribution in [-0.2, 0) is 10.0 Å². The van der Waals surface area contributed by atoms with Crippen molar-refractivity contribution in [2.24, 2.45) is 0 Å². The SMILES string of the molecule is Cc1ccc(C(=O)O)cc1S(=O)(=O)Nc1ccc(-n2cnc3ccccc32)cc1. The van der Waals surface area contributed by atoms with Crippen LogP contribution in [0.5, 0.6) is 0 Å². The highest BCUT2D eigenvalue weighted by molar-refractivity contribution is 7.92. The lowest BCUT2D eigenvalue weighted by Gasteiger charge is -2.12. The third-order valence-corrected chi connectivity index (χ3v) is 6.10. The van der Waals surface area contributed by atoms with E-state index in [2.05, 4.69) is 9.71 Å². The second kappa shape index (κ2) is 7.06. The van der Waals surface area contributed by atoms with Crippen LogP contribution in [0.4, 0.5) is 5.69 Å². The van der Waals surface area contributed by atoms with E-state index in [1.807, 2.05) is 28.8 Å². The molecule has 8 heteroatoms. The number of carboxylic acids is 1. The molecular formula is C21H17N3O4S. The molecule has 0 fully saturated rings. The van der Waals surface area contributed by atoms with Crippen molar-refractivity contribution in [1.29, 1.82) is 0 Å². The van der Waals surface area contributed by atoms with E-state index in [1.54, 1.807) is 37.5 Å². The third-order valence-electron chi connectivity index (χ3n) is 4.58. The average molecular weight is 407 g/mol. The van der Waals surface area contributed by atoms with Gasteiger partial charge in [0, 0.05) is 11.4 Å². The molecule has 29 heavy (non-hydrogen) atoms. The minimum atomic E-state index is -3.93. The largest absolute Gasteiger partial charge is 0.478 e. The van der Waals surface area contributed by atoms with Gasteiger partial charge in [-0.3, -0.25) is 9.29 Å². The monoisotopic (exact) mass is 407 g/mol. The normalized spacial score (nSPS) is 11.5. The fourth-order valence-electron chi connectivity index (χ4n) is 3.09. The summed E-state index contributed by atoms with van der Waals surface area (Å²) in [5.41, 5.74) is 3.40. The highest BCUT2D eigenvalue weighted by Crippen LogP contribution is 2.23. The average Bonchev–Trinajstić information content (AvgIpc) is 3.12. The molecule has 0 amide bonds. The maximum atomic E-state index is 12.8. The van der Waals surface area contributed by atoms with Crippen LogP contribution < -0.4 is 4.72 Å². The van der Waals surface area contributed by atoms with Crippen molar-refractivity contribution in [3.8, 4) is 5.69 Å². The molecule has 0 aliphatic heterocycles. The van der Waals surface area contributed by atoms with Crippen molar-refractivity contribution in [1.82, 2.24) is 9.55 Å². The molecule has 4 aromatic rings. The Bertz CT molecular complexity index is 1330. The van der Waals surface area contributed by atoms with E-state index < -0.39 is 16.0 Å². The molecule has 3 aromatic carbocycles. The molecular weight excluding hydrogens is 390 g/mol. The predicted octanol–water partition coefficient (Wildman–Crippen LogP) is 3.83. The van der Waals surface area contributed by atoms with E-state index >= 15 is 0 Å². The number of aryl methyl sites for hydroxylation is 1. The van der Waals surface area contributed by atoms with E-state index in [-0.39, 0.29) is 10.5 Å². The maximum absolute atomic E-state index is 12.8. The lowest BCUT2D eigenvalue weighted by Crippen LogP contribution is -2.15. The zero-order chi connectivity index (χ0) is 20.6. The van der Waals surface area contributed by atoms with E-state index in [4.69, 9.17) is 5.11 Å². The highest BCUT2D eigenvalue weighted by Gasteiger charge is 2.19. The van der Waals surface area contributed by atoms with Crippen molar-refractivity contribution >= 4 is 32.7 Å². The van der Waals surface area contributed by atoms with E-state index in [0.29, 0.717) is 11.3 Å². The van der Waals surface area contributed by atoms with E-state index in [0.717, 1.165) is 22.8 Å². The van der Waals surface area contributed by atoms with Crippen LogP contribution in [0, 0.1) is 6.92 Å². The van der Waals surface area contributed by atoms with Crippen LogP contribution >= 0.6 is 0 Å². The first-order valence-corrected chi connectivity index (χ1v) is 10.2.